The molecule has 5 nitrogen and oxygen atoms in total. The fourth-order valence-electron chi connectivity index (χ4n) is 3.74. The van der Waals surface area contributed by atoms with Crippen molar-refractivity contribution in [1.82, 2.24) is 20.2 Å². The van der Waals surface area contributed by atoms with Crippen LogP contribution >= 0.6 is 23.2 Å². The van der Waals surface area contributed by atoms with E-state index in [9.17, 15) is 4.79 Å². The molecule has 0 saturated carbocycles. The molecule has 0 bridgehead atoms. The molecule has 0 atom stereocenters. The van der Waals surface area contributed by atoms with Gasteiger partial charge < -0.3 is 4.98 Å². The fourth-order valence-corrected chi connectivity index (χ4v) is 4.34. The molecule has 3 heterocycles. The number of nitrogens with one attached hydrogen (secondary N) is 2. The minimum atomic E-state index is -0.288. The predicted octanol–water partition coefficient (Wildman–Crippen LogP) is 5.75. The molecular formula is C22H14Cl2N4O. The average Bonchev–Trinajstić information content (AvgIpc) is 3.17. The van der Waals surface area contributed by atoms with Gasteiger partial charge in [-0.1, -0.05) is 53.5 Å². The van der Waals surface area contributed by atoms with E-state index in [1.165, 1.54) is 6.07 Å². The van der Waals surface area contributed by atoms with Gasteiger partial charge in [0.25, 0.3) is 5.56 Å². The molecule has 0 radical (unpaired) electrons. The van der Waals surface area contributed by atoms with Crippen molar-refractivity contribution in [3.8, 4) is 22.4 Å². The molecule has 3 aromatic heterocycles. The molecule has 0 aliphatic carbocycles. The van der Waals surface area contributed by atoms with Gasteiger partial charge in [0.1, 0.15) is 5.65 Å². The first-order valence-electron chi connectivity index (χ1n) is 8.94. The highest BCUT2D eigenvalue weighted by atomic mass is 35.5. The average molecular weight is 421 g/mol. The Bertz CT molecular complexity index is 1460. The number of fused-ring (bicyclic) bond motifs is 2. The summed E-state index contributed by atoms with van der Waals surface area (Å²) in [6.07, 6.45) is 1.74. The third-order valence-electron chi connectivity index (χ3n) is 5.02. The van der Waals surface area contributed by atoms with Gasteiger partial charge in [0.05, 0.1) is 27.5 Å². The number of nitrogens with zero attached hydrogens (tertiary/aromatic N) is 2. The molecule has 0 saturated heterocycles. The van der Waals surface area contributed by atoms with Crippen LogP contribution in [0.15, 0.2) is 59.5 Å². The van der Waals surface area contributed by atoms with Gasteiger partial charge in [-0.2, -0.15) is 5.10 Å². The molecule has 0 aliphatic rings. The molecule has 0 aliphatic heterocycles. The quantitative estimate of drug-likeness (QED) is 0.381. The second kappa shape index (κ2) is 6.72. The van der Waals surface area contributed by atoms with E-state index in [0.717, 1.165) is 38.9 Å². The Morgan fingerprint density at radius 3 is 2.55 bits per heavy atom. The smallest absolute Gasteiger partial charge is 0.251 e. The Balaban J connectivity index is 1.94. The Morgan fingerprint density at radius 1 is 0.966 bits per heavy atom. The first-order valence-corrected chi connectivity index (χ1v) is 9.70. The van der Waals surface area contributed by atoms with Crippen molar-refractivity contribution in [1.29, 1.82) is 0 Å². The molecule has 7 heteroatoms. The van der Waals surface area contributed by atoms with Gasteiger partial charge in [-0.15, -0.1) is 0 Å². The Hall–Kier alpha value is -3.15. The van der Waals surface area contributed by atoms with Gasteiger partial charge in [-0.25, -0.2) is 4.98 Å². The van der Waals surface area contributed by atoms with Crippen molar-refractivity contribution >= 4 is 45.1 Å². The van der Waals surface area contributed by atoms with Crippen molar-refractivity contribution in [2.75, 3.05) is 0 Å². The van der Waals surface area contributed by atoms with E-state index in [0.29, 0.717) is 21.1 Å². The van der Waals surface area contributed by atoms with E-state index >= 15 is 0 Å². The van der Waals surface area contributed by atoms with Gasteiger partial charge in [0, 0.05) is 28.0 Å². The summed E-state index contributed by atoms with van der Waals surface area (Å²) in [4.78, 5) is 19.6. The van der Waals surface area contributed by atoms with E-state index in [4.69, 9.17) is 28.2 Å². The molecular weight excluding hydrogens is 407 g/mol. The second-order valence-corrected chi connectivity index (χ2v) is 7.64. The molecule has 29 heavy (non-hydrogen) atoms. The summed E-state index contributed by atoms with van der Waals surface area (Å²) in [5, 5.41) is 9.55. The number of pyridine rings is 2. The van der Waals surface area contributed by atoms with E-state index in [1.807, 2.05) is 49.4 Å². The number of benzene rings is 2. The van der Waals surface area contributed by atoms with Crippen LogP contribution in [-0.2, 0) is 0 Å². The molecule has 0 unspecified atom stereocenters. The summed E-state index contributed by atoms with van der Waals surface area (Å²) in [7, 11) is 0. The van der Waals surface area contributed by atoms with E-state index in [-0.39, 0.29) is 5.56 Å². The number of hydrogen-bond donors (Lipinski definition) is 2. The van der Waals surface area contributed by atoms with E-state index < -0.39 is 0 Å². The van der Waals surface area contributed by atoms with Crippen LogP contribution < -0.4 is 5.56 Å². The fraction of sp³-hybridized carbons (Fsp3) is 0.0455. The van der Waals surface area contributed by atoms with Gasteiger partial charge in [0.2, 0.25) is 0 Å². The van der Waals surface area contributed by atoms with Gasteiger partial charge >= 0.3 is 0 Å². The standard InChI is InChI=1S/C22H14Cl2N4O/c1-11-18(13-7-14-10-25-28-20(14)16(24)8-13)21(12-5-3-2-4-6-12)27-22-19(11)15(23)9-17(29)26-22/h2-10H,1H3,(H,25,28)(H,26,27,29). The third kappa shape index (κ3) is 2.90. The lowest BCUT2D eigenvalue weighted by Gasteiger charge is -2.16. The summed E-state index contributed by atoms with van der Waals surface area (Å²) in [6, 6.07) is 15.1. The molecule has 2 aromatic carbocycles. The van der Waals surface area contributed by atoms with Crippen LogP contribution in [0.3, 0.4) is 0 Å². The second-order valence-electron chi connectivity index (χ2n) is 6.82. The number of aromatic nitrogens is 4. The third-order valence-corrected chi connectivity index (χ3v) is 5.62. The van der Waals surface area contributed by atoms with Crippen LogP contribution in [0.5, 0.6) is 0 Å². The van der Waals surface area contributed by atoms with Crippen molar-refractivity contribution in [2.45, 2.75) is 6.92 Å². The summed E-state index contributed by atoms with van der Waals surface area (Å²) >= 11 is 12.9. The topological polar surface area (TPSA) is 74.4 Å². The minimum absolute atomic E-state index is 0.288. The molecule has 0 spiro atoms. The van der Waals surface area contributed by atoms with Crippen molar-refractivity contribution < 1.29 is 0 Å². The zero-order chi connectivity index (χ0) is 20.1. The van der Waals surface area contributed by atoms with Crippen LogP contribution in [0.4, 0.5) is 0 Å². The summed E-state index contributed by atoms with van der Waals surface area (Å²) in [5.41, 5.74) is 5.34. The monoisotopic (exact) mass is 420 g/mol. The minimum Gasteiger partial charge on any atom is -0.306 e. The van der Waals surface area contributed by atoms with Gasteiger partial charge in [-0.3, -0.25) is 9.89 Å². The lowest BCUT2D eigenvalue weighted by atomic mass is 9.92. The maximum Gasteiger partial charge on any atom is 0.251 e. The van der Waals surface area contributed by atoms with E-state index in [1.54, 1.807) is 6.20 Å². The SMILES string of the molecule is Cc1c(-c2cc(Cl)c3[nH]ncc3c2)c(-c2ccccc2)nc2[nH]c(=O)cc(Cl)c12. The van der Waals surface area contributed by atoms with Crippen molar-refractivity contribution in [3.05, 3.63) is 80.7 Å². The van der Waals surface area contributed by atoms with Crippen LogP contribution in [-0.4, -0.2) is 20.2 Å². The lowest BCUT2D eigenvalue weighted by molar-refractivity contribution is 1.12. The Kier molecular flexibility index (Phi) is 4.15. The van der Waals surface area contributed by atoms with Crippen LogP contribution in [0.25, 0.3) is 44.3 Å². The van der Waals surface area contributed by atoms with Crippen LogP contribution in [0.1, 0.15) is 5.56 Å². The number of halogens is 2. The summed E-state index contributed by atoms with van der Waals surface area (Å²) < 4.78 is 0. The predicted molar refractivity (Wildman–Crippen MR) is 118 cm³/mol. The molecule has 5 rings (SSSR count). The molecule has 5 aromatic rings. The number of H-pyrrole nitrogens is 2. The zero-order valence-corrected chi connectivity index (χ0v) is 16.8. The number of aryl methyl sites for hydroxylation is 1. The molecule has 142 valence electrons. The normalized spacial score (nSPS) is 11.4. The largest absolute Gasteiger partial charge is 0.306 e. The van der Waals surface area contributed by atoms with Crippen molar-refractivity contribution in [2.24, 2.45) is 0 Å². The molecule has 0 amide bonds. The lowest BCUT2D eigenvalue weighted by Crippen LogP contribution is -2.07. The van der Waals surface area contributed by atoms with Gasteiger partial charge in [0.15, 0.2) is 0 Å². The maximum absolute atomic E-state index is 12.0. The summed E-state index contributed by atoms with van der Waals surface area (Å²) in [5.74, 6) is 0. The number of aromatic amines is 2. The zero-order valence-electron chi connectivity index (χ0n) is 15.3. The first-order chi connectivity index (χ1) is 14.0. The highest BCUT2D eigenvalue weighted by Crippen LogP contribution is 2.40. The van der Waals surface area contributed by atoms with Crippen molar-refractivity contribution in [3.63, 3.8) is 0 Å². The van der Waals surface area contributed by atoms with Crippen LogP contribution in [0.2, 0.25) is 10.0 Å². The van der Waals surface area contributed by atoms with Crippen LogP contribution in [0, 0.1) is 6.92 Å². The van der Waals surface area contributed by atoms with Gasteiger partial charge in [-0.05, 0) is 30.2 Å². The highest BCUT2D eigenvalue weighted by molar-refractivity contribution is 6.36. The molecule has 0 fully saturated rings. The number of hydrogen-bond acceptors (Lipinski definition) is 3. The first kappa shape index (κ1) is 17.9. The Labute approximate surface area is 175 Å². The summed E-state index contributed by atoms with van der Waals surface area (Å²) in [6.45, 7) is 1.98. The Morgan fingerprint density at radius 2 is 1.76 bits per heavy atom. The highest BCUT2D eigenvalue weighted by Gasteiger charge is 2.19. The maximum atomic E-state index is 12.0. The number of rotatable bonds is 2. The molecule has 2 N–H and O–H groups in total. The van der Waals surface area contributed by atoms with E-state index in [2.05, 4.69) is 15.2 Å².